The molecule has 25 heavy (non-hydrogen) atoms. The molecule has 1 N–H and O–H groups in total. The van der Waals surface area contributed by atoms with Gasteiger partial charge in [-0.15, -0.1) is 0 Å². The van der Waals surface area contributed by atoms with E-state index in [0.29, 0.717) is 17.2 Å². The van der Waals surface area contributed by atoms with Gasteiger partial charge < -0.3 is 14.6 Å². The van der Waals surface area contributed by atoms with Crippen LogP contribution in [0, 0.1) is 5.82 Å². The van der Waals surface area contributed by atoms with Crippen molar-refractivity contribution >= 4 is 22.5 Å². The van der Waals surface area contributed by atoms with Crippen molar-refractivity contribution in [2.24, 2.45) is 0 Å². The normalized spacial score (nSPS) is 10.8. The Morgan fingerprint density at radius 3 is 2.84 bits per heavy atom. The van der Waals surface area contributed by atoms with Gasteiger partial charge in [-0.25, -0.2) is 4.39 Å². The smallest absolute Gasteiger partial charge is 0.185 e. The molecule has 0 fully saturated rings. The predicted octanol–water partition coefficient (Wildman–Crippen LogP) is 4.68. The third-order valence-electron chi connectivity index (χ3n) is 3.67. The van der Waals surface area contributed by atoms with Gasteiger partial charge in [0.15, 0.2) is 11.4 Å². The van der Waals surface area contributed by atoms with Crippen molar-refractivity contribution in [1.29, 1.82) is 0 Å². The van der Waals surface area contributed by atoms with Gasteiger partial charge in [0, 0.05) is 6.20 Å². The SMILES string of the molecule is Fc1cccc(COc2cccc3onc(Nc4cccnc4)c23)c1. The summed E-state index contributed by atoms with van der Waals surface area (Å²) < 4.78 is 24.5. The molecule has 6 heteroatoms. The van der Waals surface area contributed by atoms with Crippen LogP contribution < -0.4 is 10.1 Å². The average molecular weight is 335 g/mol. The van der Waals surface area contributed by atoms with Crippen molar-refractivity contribution in [3.63, 3.8) is 0 Å². The highest BCUT2D eigenvalue weighted by molar-refractivity contribution is 5.95. The number of ether oxygens (including phenoxy) is 1. The quantitative estimate of drug-likeness (QED) is 0.573. The third kappa shape index (κ3) is 3.28. The van der Waals surface area contributed by atoms with Gasteiger partial charge in [0.1, 0.15) is 23.6 Å². The minimum absolute atomic E-state index is 0.244. The molecule has 0 spiro atoms. The minimum atomic E-state index is -0.289. The Bertz CT molecular complexity index is 1000. The molecule has 0 aliphatic rings. The van der Waals surface area contributed by atoms with E-state index in [9.17, 15) is 4.39 Å². The van der Waals surface area contributed by atoms with Crippen LogP contribution in [0.2, 0.25) is 0 Å². The molecule has 0 aliphatic carbocycles. The van der Waals surface area contributed by atoms with Crippen molar-refractivity contribution in [2.45, 2.75) is 6.61 Å². The van der Waals surface area contributed by atoms with E-state index in [1.807, 2.05) is 36.4 Å². The van der Waals surface area contributed by atoms with Gasteiger partial charge in [0.05, 0.1) is 11.9 Å². The molecule has 2 aromatic carbocycles. The number of rotatable bonds is 5. The lowest BCUT2D eigenvalue weighted by Gasteiger charge is -2.08. The number of hydrogen-bond donors (Lipinski definition) is 1. The van der Waals surface area contributed by atoms with E-state index in [-0.39, 0.29) is 12.4 Å². The Kier molecular flexibility index (Phi) is 4.00. The summed E-state index contributed by atoms with van der Waals surface area (Å²) in [6.07, 6.45) is 3.39. The Labute approximate surface area is 143 Å². The van der Waals surface area contributed by atoms with Gasteiger partial charge in [-0.1, -0.05) is 23.4 Å². The Morgan fingerprint density at radius 2 is 2.00 bits per heavy atom. The topological polar surface area (TPSA) is 60.2 Å². The van der Waals surface area contributed by atoms with Crippen LogP contribution in [0.4, 0.5) is 15.9 Å². The lowest BCUT2D eigenvalue weighted by Crippen LogP contribution is -1.97. The monoisotopic (exact) mass is 335 g/mol. The van der Waals surface area contributed by atoms with Crippen LogP contribution in [0.25, 0.3) is 11.0 Å². The van der Waals surface area contributed by atoms with Gasteiger partial charge >= 0.3 is 0 Å². The second kappa shape index (κ2) is 6.60. The van der Waals surface area contributed by atoms with E-state index in [0.717, 1.165) is 16.6 Å². The van der Waals surface area contributed by atoms with Gasteiger partial charge in [-0.3, -0.25) is 4.98 Å². The second-order valence-electron chi connectivity index (χ2n) is 5.45. The summed E-state index contributed by atoms with van der Waals surface area (Å²) in [5.74, 6) is 0.857. The van der Waals surface area contributed by atoms with Crippen LogP contribution in [0.3, 0.4) is 0 Å². The van der Waals surface area contributed by atoms with Crippen molar-refractivity contribution < 1.29 is 13.7 Å². The van der Waals surface area contributed by atoms with Crippen LogP contribution in [-0.4, -0.2) is 10.1 Å². The lowest BCUT2D eigenvalue weighted by atomic mass is 10.2. The molecule has 4 rings (SSSR count). The first kappa shape index (κ1) is 15.1. The van der Waals surface area contributed by atoms with Crippen molar-refractivity contribution in [1.82, 2.24) is 10.1 Å². The van der Waals surface area contributed by atoms with E-state index in [4.69, 9.17) is 9.26 Å². The highest BCUT2D eigenvalue weighted by Gasteiger charge is 2.14. The zero-order valence-electron chi connectivity index (χ0n) is 13.1. The van der Waals surface area contributed by atoms with Crippen LogP contribution >= 0.6 is 0 Å². The average Bonchev–Trinajstić information content (AvgIpc) is 3.04. The molecule has 4 aromatic rings. The molecular formula is C19H14FN3O2. The molecule has 0 unspecified atom stereocenters. The number of nitrogens with one attached hydrogen (secondary N) is 1. The van der Waals surface area contributed by atoms with Crippen LogP contribution in [0.1, 0.15) is 5.56 Å². The number of hydrogen-bond acceptors (Lipinski definition) is 5. The number of anilines is 2. The number of pyridine rings is 1. The van der Waals surface area contributed by atoms with Crippen molar-refractivity contribution in [3.8, 4) is 5.75 Å². The largest absolute Gasteiger partial charge is 0.488 e. The fourth-order valence-electron chi connectivity index (χ4n) is 2.53. The molecule has 0 aliphatic heterocycles. The number of aromatic nitrogens is 2. The molecule has 5 nitrogen and oxygen atoms in total. The second-order valence-corrected chi connectivity index (χ2v) is 5.45. The third-order valence-corrected chi connectivity index (χ3v) is 3.67. The van der Waals surface area contributed by atoms with E-state index in [1.165, 1.54) is 12.1 Å². The Morgan fingerprint density at radius 1 is 1.08 bits per heavy atom. The van der Waals surface area contributed by atoms with Crippen molar-refractivity contribution in [3.05, 3.63) is 78.4 Å². The van der Waals surface area contributed by atoms with Gasteiger partial charge in [0.25, 0.3) is 0 Å². The van der Waals surface area contributed by atoms with Crippen molar-refractivity contribution in [2.75, 3.05) is 5.32 Å². The summed E-state index contributed by atoms with van der Waals surface area (Å²) in [6.45, 7) is 0.244. The van der Waals surface area contributed by atoms with E-state index in [1.54, 1.807) is 18.5 Å². The summed E-state index contributed by atoms with van der Waals surface area (Å²) >= 11 is 0. The first-order chi connectivity index (χ1) is 12.3. The molecule has 0 amide bonds. The van der Waals surface area contributed by atoms with Gasteiger partial charge in [-0.05, 0) is 42.0 Å². The van der Waals surface area contributed by atoms with Crippen LogP contribution in [0.15, 0.2) is 71.5 Å². The number of nitrogens with zero attached hydrogens (tertiary/aromatic N) is 2. The minimum Gasteiger partial charge on any atom is -0.488 e. The van der Waals surface area contributed by atoms with E-state index < -0.39 is 0 Å². The van der Waals surface area contributed by atoms with Crippen LogP contribution in [0.5, 0.6) is 5.75 Å². The molecule has 0 bridgehead atoms. The number of fused-ring (bicyclic) bond motifs is 1. The number of benzene rings is 2. The van der Waals surface area contributed by atoms with E-state index in [2.05, 4.69) is 15.5 Å². The highest BCUT2D eigenvalue weighted by atomic mass is 19.1. The van der Waals surface area contributed by atoms with E-state index >= 15 is 0 Å². The lowest BCUT2D eigenvalue weighted by molar-refractivity contribution is 0.309. The fourth-order valence-corrected chi connectivity index (χ4v) is 2.53. The predicted molar refractivity (Wildman–Crippen MR) is 92.3 cm³/mol. The molecule has 0 saturated heterocycles. The fraction of sp³-hybridized carbons (Fsp3) is 0.0526. The van der Waals surface area contributed by atoms with Gasteiger partial charge in [0.2, 0.25) is 0 Å². The standard InChI is InChI=1S/C19H14FN3O2/c20-14-5-1-4-13(10-14)12-24-16-7-2-8-17-18(16)19(23-25-17)22-15-6-3-9-21-11-15/h1-11H,12H2,(H,22,23). The molecular weight excluding hydrogens is 321 g/mol. The van der Waals surface area contributed by atoms with Gasteiger partial charge in [-0.2, -0.15) is 0 Å². The van der Waals surface area contributed by atoms with Crippen LogP contribution in [-0.2, 0) is 6.61 Å². The molecule has 0 radical (unpaired) electrons. The molecule has 124 valence electrons. The molecule has 0 atom stereocenters. The highest BCUT2D eigenvalue weighted by Crippen LogP contribution is 2.34. The zero-order valence-corrected chi connectivity index (χ0v) is 13.1. The Hall–Kier alpha value is -3.41. The first-order valence-electron chi connectivity index (χ1n) is 7.72. The summed E-state index contributed by atoms with van der Waals surface area (Å²) in [7, 11) is 0. The maximum absolute atomic E-state index is 13.3. The molecule has 2 aromatic heterocycles. The molecule has 2 heterocycles. The maximum Gasteiger partial charge on any atom is 0.185 e. The zero-order chi connectivity index (χ0) is 17.1. The summed E-state index contributed by atoms with van der Waals surface area (Å²) in [4.78, 5) is 4.06. The summed E-state index contributed by atoms with van der Waals surface area (Å²) in [6, 6.07) is 15.5. The first-order valence-corrected chi connectivity index (χ1v) is 7.72. The molecule has 0 saturated carbocycles. The maximum atomic E-state index is 13.3. The Balaban J connectivity index is 1.63. The number of halogens is 1. The summed E-state index contributed by atoms with van der Waals surface area (Å²) in [5.41, 5.74) is 2.14. The summed E-state index contributed by atoms with van der Waals surface area (Å²) in [5, 5.41) is 7.96.